The molecule has 18 heavy (non-hydrogen) atoms. The zero-order valence-electron chi connectivity index (χ0n) is 11.4. The van der Waals surface area contributed by atoms with Crippen LogP contribution >= 0.6 is 0 Å². The van der Waals surface area contributed by atoms with Gasteiger partial charge in [0.05, 0.1) is 0 Å². The molecular weight excluding hydrogens is 227 g/mol. The number of benzene rings is 1. The van der Waals surface area contributed by atoms with Gasteiger partial charge < -0.3 is 10.2 Å². The molecule has 2 rings (SSSR count). The van der Waals surface area contributed by atoms with Gasteiger partial charge in [-0.15, -0.1) is 0 Å². The zero-order chi connectivity index (χ0) is 13.0. The quantitative estimate of drug-likeness (QED) is 0.834. The van der Waals surface area contributed by atoms with Gasteiger partial charge in [0, 0.05) is 25.3 Å². The summed E-state index contributed by atoms with van der Waals surface area (Å²) in [4.78, 5) is 2.30. The molecule has 0 atom stereocenters. The van der Waals surface area contributed by atoms with Crippen molar-refractivity contribution in [3.63, 3.8) is 0 Å². The van der Waals surface area contributed by atoms with Crippen molar-refractivity contribution >= 4 is 5.69 Å². The molecule has 0 radical (unpaired) electrons. The SMILES string of the molecule is CCN(CC1CCC1)c1cc(F)cc(CNC)c1. The number of rotatable bonds is 6. The number of halogens is 1. The normalized spacial score (nSPS) is 15.5. The number of nitrogens with zero attached hydrogens (tertiary/aromatic N) is 1. The van der Waals surface area contributed by atoms with Crippen LogP contribution in [-0.2, 0) is 6.54 Å². The maximum absolute atomic E-state index is 13.6. The third-order valence-corrected chi connectivity index (χ3v) is 3.77. The van der Waals surface area contributed by atoms with E-state index in [0.29, 0.717) is 6.54 Å². The Labute approximate surface area is 109 Å². The minimum atomic E-state index is -0.134. The third-order valence-electron chi connectivity index (χ3n) is 3.77. The average Bonchev–Trinajstić information content (AvgIpc) is 2.27. The van der Waals surface area contributed by atoms with Gasteiger partial charge in [-0.05, 0) is 56.5 Å². The van der Waals surface area contributed by atoms with Crippen LogP contribution in [0, 0.1) is 11.7 Å². The van der Waals surface area contributed by atoms with Crippen LogP contribution in [-0.4, -0.2) is 20.1 Å². The molecule has 1 aromatic rings. The summed E-state index contributed by atoms with van der Waals surface area (Å²) in [6.45, 7) is 4.87. The molecule has 0 heterocycles. The molecule has 0 amide bonds. The Morgan fingerprint density at radius 3 is 2.67 bits per heavy atom. The molecule has 2 nitrogen and oxygen atoms in total. The summed E-state index contributed by atoms with van der Waals surface area (Å²) in [7, 11) is 1.89. The van der Waals surface area contributed by atoms with Crippen molar-refractivity contribution in [1.29, 1.82) is 0 Å². The monoisotopic (exact) mass is 250 g/mol. The minimum Gasteiger partial charge on any atom is -0.371 e. The van der Waals surface area contributed by atoms with E-state index in [9.17, 15) is 4.39 Å². The lowest BCUT2D eigenvalue weighted by atomic mass is 9.85. The van der Waals surface area contributed by atoms with Gasteiger partial charge in [-0.3, -0.25) is 0 Å². The van der Waals surface area contributed by atoms with E-state index in [2.05, 4.69) is 23.2 Å². The van der Waals surface area contributed by atoms with Gasteiger partial charge in [0.2, 0.25) is 0 Å². The van der Waals surface area contributed by atoms with Gasteiger partial charge in [0.1, 0.15) is 5.82 Å². The van der Waals surface area contributed by atoms with Gasteiger partial charge in [0.25, 0.3) is 0 Å². The highest BCUT2D eigenvalue weighted by Gasteiger charge is 2.20. The summed E-state index contributed by atoms with van der Waals surface area (Å²) in [6.07, 6.45) is 4.01. The van der Waals surface area contributed by atoms with E-state index in [1.807, 2.05) is 7.05 Å². The van der Waals surface area contributed by atoms with Crippen molar-refractivity contribution in [2.24, 2.45) is 5.92 Å². The Morgan fingerprint density at radius 2 is 2.11 bits per heavy atom. The van der Waals surface area contributed by atoms with Gasteiger partial charge in [0.15, 0.2) is 0 Å². The molecule has 1 aliphatic rings. The molecule has 1 aliphatic carbocycles. The molecule has 0 aromatic heterocycles. The molecule has 1 N–H and O–H groups in total. The lowest BCUT2D eigenvalue weighted by Gasteiger charge is -2.33. The van der Waals surface area contributed by atoms with Crippen molar-refractivity contribution in [2.75, 3.05) is 25.0 Å². The second-order valence-corrected chi connectivity index (χ2v) is 5.18. The summed E-state index contributed by atoms with van der Waals surface area (Å²) in [5, 5.41) is 3.07. The van der Waals surface area contributed by atoms with Gasteiger partial charge >= 0.3 is 0 Å². The molecular formula is C15H23FN2. The summed E-state index contributed by atoms with van der Waals surface area (Å²) >= 11 is 0. The number of nitrogens with one attached hydrogen (secondary N) is 1. The number of hydrogen-bond donors (Lipinski definition) is 1. The fourth-order valence-corrected chi connectivity index (χ4v) is 2.53. The summed E-state index contributed by atoms with van der Waals surface area (Å²) in [6, 6.07) is 5.36. The van der Waals surface area contributed by atoms with Crippen molar-refractivity contribution in [1.82, 2.24) is 5.32 Å². The van der Waals surface area contributed by atoms with Crippen molar-refractivity contribution in [2.45, 2.75) is 32.7 Å². The smallest absolute Gasteiger partial charge is 0.125 e. The minimum absolute atomic E-state index is 0.134. The lowest BCUT2D eigenvalue weighted by Crippen LogP contribution is -2.32. The maximum atomic E-state index is 13.6. The van der Waals surface area contributed by atoms with Gasteiger partial charge in [-0.2, -0.15) is 0 Å². The summed E-state index contributed by atoms with van der Waals surface area (Å²) in [5.74, 6) is 0.672. The molecule has 0 spiro atoms. The second kappa shape index (κ2) is 6.19. The molecule has 0 unspecified atom stereocenters. The molecule has 0 bridgehead atoms. The standard InChI is InChI=1S/C15H23FN2/c1-3-18(11-12-5-4-6-12)15-8-13(10-17-2)7-14(16)9-15/h7-9,12,17H,3-6,10-11H2,1-2H3. The first-order valence-electron chi connectivity index (χ1n) is 6.92. The predicted octanol–water partition coefficient (Wildman–Crippen LogP) is 3.17. The van der Waals surface area contributed by atoms with Crippen LogP contribution in [0.2, 0.25) is 0 Å². The first kappa shape index (κ1) is 13.3. The summed E-state index contributed by atoms with van der Waals surface area (Å²) in [5.41, 5.74) is 2.04. The van der Waals surface area contributed by atoms with Crippen LogP contribution in [0.4, 0.5) is 10.1 Å². The van der Waals surface area contributed by atoms with Crippen LogP contribution in [0.1, 0.15) is 31.7 Å². The highest BCUT2D eigenvalue weighted by molar-refractivity contribution is 5.49. The molecule has 100 valence electrons. The van der Waals surface area contributed by atoms with Crippen LogP contribution in [0.25, 0.3) is 0 Å². The van der Waals surface area contributed by atoms with Crippen LogP contribution in [0.5, 0.6) is 0 Å². The molecule has 1 aromatic carbocycles. The van der Waals surface area contributed by atoms with Crippen molar-refractivity contribution in [3.05, 3.63) is 29.6 Å². The van der Waals surface area contributed by atoms with E-state index in [-0.39, 0.29) is 5.82 Å². The Kier molecular flexibility index (Phi) is 4.59. The lowest BCUT2D eigenvalue weighted by molar-refractivity contribution is 0.318. The number of hydrogen-bond acceptors (Lipinski definition) is 2. The van der Waals surface area contributed by atoms with E-state index in [4.69, 9.17) is 0 Å². The van der Waals surface area contributed by atoms with E-state index in [1.165, 1.54) is 19.3 Å². The Morgan fingerprint density at radius 1 is 1.33 bits per heavy atom. The Hall–Kier alpha value is -1.09. The Bertz CT molecular complexity index is 388. The van der Waals surface area contributed by atoms with E-state index in [1.54, 1.807) is 12.1 Å². The van der Waals surface area contributed by atoms with Gasteiger partial charge in [-0.1, -0.05) is 6.42 Å². The number of anilines is 1. The first-order valence-corrected chi connectivity index (χ1v) is 6.92. The first-order chi connectivity index (χ1) is 8.72. The van der Waals surface area contributed by atoms with Crippen LogP contribution in [0.15, 0.2) is 18.2 Å². The van der Waals surface area contributed by atoms with E-state index < -0.39 is 0 Å². The highest BCUT2D eigenvalue weighted by atomic mass is 19.1. The topological polar surface area (TPSA) is 15.3 Å². The summed E-state index contributed by atoms with van der Waals surface area (Å²) < 4.78 is 13.6. The predicted molar refractivity (Wildman–Crippen MR) is 74.4 cm³/mol. The fourth-order valence-electron chi connectivity index (χ4n) is 2.53. The second-order valence-electron chi connectivity index (χ2n) is 5.18. The fraction of sp³-hybridized carbons (Fsp3) is 0.600. The van der Waals surface area contributed by atoms with E-state index >= 15 is 0 Å². The van der Waals surface area contributed by atoms with Crippen molar-refractivity contribution in [3.8, 4) is 0 Å². The van der Waals surface area contributed by atoms with Gasteiger partial charge in [-0.25, -0.2) is 4.39 Å². The molecule has 0 aliphatic heterocycles. The Balaban J connectivity index is 2.12. The average molecular weight is 250 g/mol. The molecule has 1 saturated carbocycles. The maximum Gasteiger partial charge on any atom is 0.125 e. The molecule has 1 fully saturated rings. The van der Waals surface area contributed by atoms with E-state index in [0.717, 1.165) is 30.3 Å². The van der Waals surface area contributed by atoms with Crippen molar-refractivity contribution < 1.29 is 4.39 Å². The zero-order valence-corrected chi connectivity index (χ0v) is 11.4. The van der Waals surface area contributed by atoms with Crippen LogP contribution < -0.4 is 10.2 Å². The largest absolute Gasteiger partial charge is 0.371 e. The van der Waals surface area contributed by atoms with Crippen LogP contribution in [0.3, 0.4) is 0 Å². The molecule has 0 saturated heterocycles. The molecule has 3 heteroatoms. The highest BCUT2D eigenvalue weighted by Crippen LogP contribution is 2.29. The third kappa shape index (κ3) is 3.22.